The number of hydrogen-bond donors (Lipinski definition) is 1. The Hall–Kier alpha value is -1.64. The van der Waals surface area contributed by atoms with Crippen LogP contribution in [0.1, 0.15) is 35.6 Å². The molecule has 1 heterocycles. The van der Waals surface area contributed by atoms with E-state index in [4.69, 9.17) is 5.73 Å². The van der Waals surface area contributed by atoms with Gasteiger partial charge >= 0.3 is 0 Å². The molecule has 0 bridgehead atoms. The van der Waals surface area contributed by atoms with Gasteiger partial charge in [0.25, 0.3) is 0 Å². The Morgan fingerprint density at radius 2 is 1.67 bits per heavy atom. The molecule has 0 saturated carbocycles. The summed E-state index contributed by atoms with van der Waals surface area (Å²) in [6.45, 7) is 3.32. The molecule has 0 radical (unpaired) electrons. The van der Waals surface area contributed by atoms with E-state index in [2.05, 4.69) is 53.4 Å². The van der Waals surface area contributed by atoms with Crippen molar-refractivity contribution >= 4 is 0 Å². The zero-order valence-electron chi connectivity index (χ0n) is 12.5. The van der Waals surface area contributed by atoms with E-state index < -0.39 is 0 Å². The third kappa shape index (κ3) is 3.72. The Labute approximate surface area is 127 Å². The van der Waals surface area contributed by atoms with Gasteiger partial charge < -0.3 is 5.73 Å². The summed E-state index contributed by atoms with van der Waals surface area (Å²) in [5.74, 6) is 0. The lowest BCUT2D eigenvalue weighted by molar-refractivity contribution is 0.259. The standard InChI is InChI=1S/C19H24N2/c20-19(17-8-2-1-3-9-17)12-14-21-13-6-11-16-7-4-5-10-18(16)15-21/h1-5,7-10,19H,6,11-15,20H2. The van der Waals surface area contributed by atoms with Gasteiger partial charge in [-0.25, -0.2) is 0 Å². The van der Waals surface area contributed by atoms with Crippen LogP contribution in [-0.2, 0) is 13.0 Å². The van der Waals surface area contributed by atoms with Gasteiger partial charge in [-0.05, 0) is 42.5 Å². The van der Waals surface area contributed by atoms with E-state index in [1.165, 1.54) is 36.1 Å². The van der Waals surface area contributed by atoms with E-state index in [0.29, 0.717) is 0 Å². The van der Waals surface area contributed by atoms with Crippen LogP contribution in [0.4, 0.5) is 0 Å². The number of hydrogen-bond acceptors (Lipinski definition) is 2. The summed E-state index contributed by atoms with van der Waals surface area (Å²) in [6, 6.07) is 19.4. The lowest BCUT2D eigenvalue weighted by Crippen LogP contribution is -2.27. The molecule has 1 unspecified atom stereocenters. The molecule has 1 aliphatic rings. The highest BCUT2D eigenvalue weighted by Crippen LogP contribution is 2.20. The van der Waals surface area contributed by atoms with Gasteiger partial charge in [0.15, 0.2) is 0 Å². The van der Waals surface area contributed by atoms with Crippen LogP contribution in [0, 0.1) is 0 Å². The smallest absolute Gasteiger partial charge is 0.0307 e. The molecule has 0 amide bonds. The quantitative estimate of drug-likeness (QED) is 0.928. The predicted molar refractivity (Wildman–Crippen MR) is 88.0 cm³/mol. The number of fused-ring (bicyclic) bond motifs is 1. The van der Waals surface area contributed by atoms with Gasteiger partial charge in [-0.3, -0.25) is 4.90 Å². The molecule has 0 saturated heterocycles. The average molecular weight is 280 g/mol. The monoisotopic (exact) mass is 280 g/mol. The van der Waals surface area contributed by atoms with Gasteiger partial charge in [-0.15, -0.1) is 0 Å². The molecule has 0 fully saturated rings. The van der Waals surface area contributed by atoms with E-state index in [-0.39, 0.29) is 6.04 Å². The second-order valence-electron chi connectivity index (χ2n) is 5.95. The fraction of sp³-hybridized carbons (Fsp3) is 0.368. The summed E-state index contributed by atoms with van der Waals surface area (Å²) in [4.78, 5) is 2.55. The van der Waals surface area contributed by atoms with Crippen molar-refractivity contribution in [2.24, 2.45) is 5.73 Å². The number of benzene rings is 2. The first kappa shape index (κ1) is 14.3. The number of aryl methyl sites for hydroxylation is 1. The first-order valence-corrected chi connectivity index (χ1v) is 7.92. The minimum absolute atomic E-state index is 0.143. The Morgan fingerprint density at radius 3 is 2.48 bits per heavy atom. The summed E-state index contributed by atoms with van der Waals surface area (Å²) >= 11 is 0. The fourth-order valence-electron chi connectivity index (χ4n) is 3.15. The van der Waals surface area contributed by atoms with E-state index in [1.807, 2.05) is 6.07 Å². The van der Waals surface area contributed by atoms with E-state index in [0.717, 1.165) is 19.5 Å². The lowest BCUT2D eigenvalue weighted by Gasteiger charge is -2.22. The van der Waals surface area contributed by atoms with Crippen LogP contribution in [0.5, 0.6) is 0 Å². The van der Waals surface area contributed by atoms with Gasteiger partial charge in [0, 0.05) is 19.1 Å². The Morgan fingerprint density at radius 1 is 0.952 bits per heavy atom. The van der Waals surface area contributed by atoms with Gasteiger partial charge in [0.05, 0.1) is 0 Å². The number of nitrogens with two attached hydrogens (primary N) is 1. The maximum absolute atomic E-state index is 6.32. The SMILES string of the molecule is NC(CCN1CCCc2ccccc2C1)c1ccccc1. The molecule has 110 valence electrons. The van der Waals surface area contributed by atoms with Crippen LogP contribution in [-0.4, -0.2) is 18.0 Å². The fourth-order valence-corrected chi connectivity index (χ4v) is 3.15. The van der Waals surface area contributed by atoms with Gasteiger partial charge in [0.1, 0.15) is 0 Å². The van der Waals surface area contributed by atoms with Crippen molar-refractivity contribution < 1.29 is 0 Å². The van der Waals surface area contributed by atoms with E-state index in [1.54, 1.807) is 0 Å². The summed E-state index contributed by atoms with van der Waals surface area (Å²) in [6.07, 6.45) is 3.47. The van der Waals surface area contributed by atoms with Crippen LogP contribution >= 0.6 is 0 Å². The molecule has 2 N–H and O–H groups in total. The second kappa shape index (κ2) is 6.88. The Bertz CT molecular complexity index is 565. The molecular formula is C19H24N2. The maximum Gasteiger partial charge on any atom is 0.0307 e. The highest BCUT2D eigenvalue weighted by atomic mass is 15.1. The molecule has 2 nitrogen and oxygen atoms in total. The van der Waals surface area contributed by atoms with Crippen molar-refractivity contribution in [2.75, 3.05) is 13.1 Å². The molecule has 1 atom stereocenters. The van der Waals surface area contributed by atoms with Crippen LogP contribution in [0.25, 0.3) is 0 Å². The van der Waals surface area contributed by atoms with Crippen LogP contribution < -0.4 is 5.73 Å². The zero-order valence-corrected chi connectivity index (χ0v) is 12.5. The Balaban J connectivity index is 1.59. The number of rotatable bonds is 4. The highest BCUT2D eigenvalue weighted by molar-refractivity contribution is 5.28. The topological polar surface area (TPSA) is 29.3 Å². The Kier molecular flexibility index (Phi) is 4.69. The number of nitrogens with zero attached hydrogens (tertiary/aromatic N) is 1. The summed E-state index contributed by atoms with van der Waals surface area (Å²) in [5.41, 5.74) is 10.6. The first-order chi connectivity index (χ1) is 10.3. The van der Waals surface area contributed by atoms with Gasteiger partial charge in [-0.2, -0.15) is 0 Å². The normalized spacial score (nSPS) is 17.0. The van der Waals surface area contributed by atoms with Crippen molar-refractivity contribution in [1.29, 1.82) is 0 Å². The molecule has 3 rings (SSSR count). The first-order valence-electron chi connectivity index (χ1n) is 7.92. The average Bonchev–Trinajstić information content (AvgIpc) is 2.75. The molecule has 1 aliphatic heterocycles. The lowest BCUT2D eigenvalue weighted by atomic mass is 10.0. The third-order valence-electron chi connectivity index (χ3n) is 4.42. The summed E-state index contributed by atoms with van der Waals surface area (Å²) in [5, 5.41) is 0. The van der Waals surface area contributed by atoms with Crippen LogP contribution in [0.15, 0.2) is 54.6 Å². The molecule has 0 spiro atoms. The minimum Gasteiger partial charge on any atom is -0.324 e. The van der Waals surface area contributed by atoms with Gasteiger partial charge in [-0.1, -0.05) is 54.6 Å². The molecule has 2 aromatic rings. The highest BCUT2D eigenvalue weighted by Gasteiger charge is 2.15. The summed E-state index contributed by atoms with van der Waals surface area (Å²) < 4.78 is 0. The largest absolute Gasteiger partial charge is 0.324 e. The molecule has 21 heavy (non-hydrogen) atoms. The van der Waals surface area contributed by atoms with E-state index >= 15 is 0 Å². The van der Waals surface area contributed by atoms with Crippen LogP contribution in [0.3, 0.4) is 0 Å². The van der Waals surface area contributed by atoms with Crippen molar-refractivity contribution in [3.8, 4) is 0 Å². The summed E-state index contributed by atoms with van der Waals surface area (Å²) in [7, 11) is 0. The van der Waals surface area contributed by atoms with Crippen molar-refractivity contribution in [1.82, 2.24) is 4.90 Å². The molecular weight excluding hydrogens is 256 g/mol. The zero-order chi connectivity index (χ0) is 14.5. The molecule has 2 aromatic carbocycles. The van der Waals surface area contributed by atoms with Crippen molar-refractivity contribution in [3.63, 3.8) is 0 Å². The van der Waals surface area contributed by atoms with Crippen LogP contribution in [0.2, 0.25) is 0 Å². The molecule has 2 heteroatoms. The second-order valence-corrected chi connectivity index (χ2v) is 5.95. The van der Waals surface area contributed by atoms with Crippen molar-refractivity contribution in [3.05, 3.63) is 71.3 Å². The third-order valence-corrected chi connectivity index (χ3v) is 4.42. The van der Waals surface area contributed by atoms with Crippen molar-refractivity contribution in [2.45, 2.75) is 31.8 Å². The maximum atomic E-state index is 6.32. The molecule has 0 aliphatic carbocycles. The minimum atomic E-state index is 0.143. The predicted octanol–water partition coefficient (Wildman–Crippen LogP) is 3.52. The van der Waals surface area contributed by atoms with Gasteiger partial charge in [0.2, 0.25) is 0 Å². The van der Waals surface area contributed by atoms with E-state index in [9.17, 15) is 0 Å². The molecule has 0 aromatic heterocycles.